The summed E-state index contributed by atoms with van der Waals surface area (Å²) in [5, 5.41) is 1.13. The highest BCUT2D eigenvalue weighted by Gasteiger charge is 2.27. The molecule has 0 aliphatic carbocycles. The Kier molecular flexibility index (Phi) is 5.88. The summed E-state index contributed by atoms with van der Waals surface area (Å²) in [4.78, 5) is 34.3. The molecular formula is C23H25ClN4O2. The van der Waals surface area contributed by atoms with Crippen LogP contribution in [-0.4, -0.2) is 51.4 Å². The first-order valence-corrected chi connectivity index (χ1v) is 10.5. The Morgan fingerprint density at radius 1 is 1.10 bits per heavy atom. The maximum atomic E-state index is 12.8. The minimum absolute atomic E-state index is 0.0440. The molecule has 0 bridgehead atoms. The fourth-order valence-corrected chi connectivity index (χ4v) is 4.21. The largest absolute Gasteiger partial charge is 0.340 e. The van der Waals surface area contributed by atoms with Crippen LogP contribution in [0, 0.1) is 0 Å². The molecule has 0 spiro atoms. The number of benzene rings is 2. The highest BCUT2D eigenvalue weighted by atomic mass is 35.5. The predicted octanol–water partition coefficient (Wildman–Crippen LogP) is 3.03. The van der Waals surface area contributed by atoms with Crippen molar-refractivity contribution in [3.8, 4) is 0 Å². The fraction of sp³-hybridized carbons (Fsp3) is 0.348. The number of carbonyl (C=O) groups excluding carboxylic acids is 1. The van der Waals surface area contributed by atoms with Crippen molar-refractivity contribution < 1.29 is 4.79 Å². The van der Waals surface area contributed by atoms with E-state index >= 15 is 0 Å². The third-order valence-electron chi connectivity index (χ3n) is 5.86. The molecule has 6 nitrogen and oxygen atoms in total. The molecule has 1 saturated heterocycles. The molecule has 30 heavy (non-hydrogen) atoms. The highest BCUT2D eigenvalue weighted by Crippen LogP contribution is 2.22. The number of hydrogen-bond donors (Lipinski definition) is 0. The third kappa shape index (κ3) is 4.11. The molecule has 0 radical (unpaired) electrons. The van der Waals surface area contributed by atoms with E-state index in [1.807, 2.05) is 35.2 Å². The van der Waals surface area contributed by atoms with E-state index in [4.69, 9.17) is 16.6 Å². The van der Waals surface area contributed by atoms with E-state index in [1.54, 1.807) is 29.8 Å². The van der Waals surface area contributed by atoms with Crippen molar-refractivity contribution in [1.29, 1.82) is 0 Å². The summed E-state index contributed by atoms with van der Waals surface area (Å²) < 4.78 is 1.62. The van der Waals surface area contributed by atoms with Crippen molar-refractivity contribution in [2.75, 3.05) is 26.2 Å². The van der Waals surface area contributed by atoms with E-state index < -0.39 is 0 Å². The molecule has 0 N–H and O–H groups in total. The summed E-state index contributed by atoms with van der Waals surface area (Å²) in [5.74, 6) is 0.859. The third-order valence-corrected chi connectivity index (χ3v) is 6.10. The fourth-order valence-electron chi connectivity index (χ4n) is 4.04. The van der Waals surface area contributed by atoms with Gasteiger partial charge in [-0.15, -0.1) is 0 Å². The summed E-state index contributed by atoms with van der Waals surface area (Å²) in [6.45, 7) is 4.88. The van der Waals surface area contributed by atoms with Gasteiger partial charge in [0.2, 0.25) is 5.91 Å². The van der Waals surface area contributed by atoms with E-state index in [2.05, 4.69) is 11.8 Å². The maximum Gasteiger partial charge on any atom is 0.261 e. The molecule has 0 saturated carbocycles. The van der Waals surface area contributed by atoms with Crippen LogP contribution < -0.4 is 5.56 Å². The number of amides is 1. The first kappa shape index (κ1) is 20.6. The zero-order valence-electron chi connectivity index (χ0n) is 17.2. The Bertz CT molecular complexity index is 1120. The lowest BCUT2D eigenvalue weighted by atomic mass is 10.1. The van der Waals surface area contributed by atoms with Crippen molar-refractivity contribution in [3.63, 3.8) is 0 Å². The van der Waals surface area contributed by atoms with E-state index in [0.717, 1.165) is 18.7 Å². The Morgan fingerprint density at radius 3 is 2.50 bits per heavy atom. The summed E-state index contributed by atoms with van der Waals surface area (Å²) >= 11 is 6.10. The van der Waals surface area contributed by atoms with Gasteiger partial charge in [0.15, 0.2) is 0 Å². The lowest BCUT2D eigenvalue weighted by Gasteiger charge is -2.38. The number of rotatable bonds is 4. The minimum Gasteiger partial charge on any atom is -0.340 e. The smallest absolute Gasteiger partial charge is 0.261 e. The van der Waals surface area contributed by atoms with Gasteiger partial charge in [0.05, 0.1) is 23.4 Å². The quantitative estimate of drug-likeness (QED) is 0.646. The maximum absolute atomic E-state index is 12.8. The van der Waals surface area contributed by atoms with Gasteiger partial charge in [-0.1, -0.05) is 41.9 Å². The molecule has 2 aromatic carbocycles. The van der Waals surface area contributed by atoms with Crippen LogP contribution in [0.2, 0.25) is 5.02 Å². The van der Waals surface area contributed by atoms with Gasteiger partial charge in [-0.05, 0) is 30.7 Å². The van der Waals surface area contributed by atoms with Crippen LogP contribution in [0.25, 0.3) is 10.9 Å². The Hall–Kier alpha value is -2.70. The van der Waals surface area contributed by atoms with E-state index in [9.17, 15) is 9.59 Å². The van der Waals surface area contributed by atoms with Crippen LogP contribution in [0.3, 0.4) is 0 Å². The van der Waals surface area contributed by atoms with Crippen LogP contribution in [-0.2, 0) is 18.3 Å². The SMILES string of the molecule is CC(c1nc2cc(Cl)ccc2c(=O)n1C)N1CCN(C(=O)Cc2ccccc2)CC1. The molecule has 2 heterocycles. The topological polar surface area (TPSA) is 58.4 Å². The number of aromatic nitrogens is 2. The minimum atomic E-state index is -0.0739. The Labute approximate surface area is 180 Å². The van der Waals surface area contributed by atoms with Crippen molar-refractivity contribution >= 4 is 28.4 Å². The van der Waals surface area contributed by atoms with Gasteiger partial charge in [0.1, 0.15) is 5.82 Å². The molecule has 156 valence electrons. The molecule has 1 amide bonds. The second-order valence-electron chi connectivity index (χ2n) is 7.75. The molecule has 4 rings (SSSR count). The first-order valence-electron chi connectivity index (χ1n) is 10.2. The van der Waals surface area contributed by atoms with E-state index in [1.165, 1.54) is 0 Å². The van der Waals surface area contributed by atoms with Gasteiger partial charge in [-0.3, -0.25) is 19.1 Å². The van der Waals surface area contributed by atoms with Crippen LogP contribution in [0.5, 0.6) is 0 Å². The second kappa shape index (κ2) is 8.58. The molecule has 3 aromatic rings. The Balaban J connectivity index is 1.47. The van der Waals surface area contributed by atoms with Crippen molar-refractivity contribution in [3.05, 3.63) is 75.3 Å². The molecule has 1 aliphatic rings. The van der Waals surface area contributed by atoms with Crippen LogP contribution in [0.1, 0.15) is 24.4 Å². The molecule has 1 atom stereocenters. The average Bonchev–Trinajstić information content (AvgIpc) is 2.76. The molecule has 1 fully saturated rings. The van der Waals surface area contributed by atoms with Gasteiger partial charge < -0.3 is 4.90 Å². The first-order chi connectivity index (χ1) is 14.4. The van der Waals surface area contributed by atoms with Crippen molar-refractivity contribution in [2.24, 2.45) is 7.05 Å². The van der Waals surface area contributed by atoms with Gasteiger partial charge >= 0.3 is 0 Å². The Morgan fingerprint density at radius 2 is 1.80 bits per heavy atom. The second-order valence-corrected chi connectivity index (χ2v) is 8.19. The van der Waals surface area contributed by atoms with Gasteiger partial charge in [-0.2, -0.15) is 0 Å². The zero-order valence-corrected chi connectivity index (χ0v) is 18.0. The number of piperazine rings is 1. The predicted molar refractivity (Wildman–Crippen MR) is 119 cm³/mol. The zero-order chi connectivity index (χ0) is 21.3. The van der Waals surface area contributed by atoms with Crippen LogP contribution >= 0.6 is 11.6 Å². The summed E-state index contributed by atoms with van der Waals surface area (Å²) in [5.41, 5.74) is 1.58. The summed E-state index contributed by atoms with van der Waals surface area (Å²) in [6.07, 6.45) is 0.428. The molecule has 7 heteroatoms. The van der Waals surface area contributed by atoms with Gasteiger partial charge in [0, 0.05) is 38.2 Å². The number of hydrogen-bond acceptors (Lipinski definition) is 4. The molecule has 1 unspecified atom stereocenters. The van der Waals surface area contributed by atoms with Crippen LogP contribution in [0.15, 0.2) is 53.3 Å². The van der Waals surface area contributed by atoms with Gasteiger partial charge in [-0.25, -0.2) is 4.98 Å². The van der Waals surface area contributed by atoms with Crippen LogP contribution in [0.4, 0.5) is 0 Å². The monoisotopic (exact) mass is 424 g/mol. The number of carbonyl (C=O) groups is 1. The van der Waals surface area contributed by atoms with Crippen molar-refractivity contribution in [1.82, 2.24) is 19.4 Å². The lowest BCUT2D eigenvalue weighted by molar-refractivity contribution is -0.132. The lowest BCUT2D eigenvalue weighted by Crippen LogP contribution is -2.50. The summed E-state index contributed by atoms with van der Waals surface area (Å²) in [7, 11) is 1.76. The van der Waals surface area contributed by atoms with E-state index in [0.29, 0.717) is 41.3 Å². The van der Waals surface area contributed by atoms with Gasteiger partial charge in [0.25, 0.3) is 5.56 Å². The number of nitrogens with zero attached hydrogens (tertiary/aromatic N) is 4. The molecular weight excluding hydrogens is 400 g/mol. The molecule has 1 aliphatic heterocycles. The standard InChI is InChI=1S/C23H25ClN4O2/c1-16(22-25-20-15-18(24)8-9-19(20)23(30)26(22)2)27-10-12-28(13-11-27)21(29)14-17-6-4-3-5-7-17/h3-9,15-16H,10-14H2,1-2H3. The number of halogens is 1. The summed E-state index contributed by atoms with van der Waals surface area (Å²) in [6, 6.07) is 14.9. The highest BCUT2D eigenvalue weighted by molar-refractivity contribution is 6.31. The normalized spacial score (nSPS) is 16.0. The number of fused-ring (bicyclic) bond motifs is 1. The average molecular weight is 425 g/mol. The van der Waals surface area contributed by atoms with Crippen molar-refractivity contribution in [2.45, 2.75) is 19.4 Å². The van der Waals surface area contributed by atoms with E-state index in [-0.39, 0.29) is 17.5 Å². The molecule has 1 aromatic heterocycles.